The molecule has 0 spiro atoms. The Bertz CT molecular complexity index is 1070. The zero-order chi connectivity index (χ0) is 28.2. The van der Waals surface area contributed by atoms with Crippen molar-refractivity contribution in [3.05, 3.63) is 36.4 Å². The average Bonchev–Trinajstić information content (AvgIpc) is 3.55. The van der Waals surface area contributed by atoms with Gasteiger partial charge in [-0.15, -0.1) is 0 Å². The summed E-state index contributed by atoms with van der Waals surface area (Å²) in [6.45, 7) is 3.68. The Kier molecular flexibility index (Phi) is 11.4. The fourth-order valence-corrected chi connectivity index (χ4v) is 3.60. The summed E-state index contributed by atoms with van der Waals surface area (Å²) in [6.07, 6.45) is 5.79. The highest BCUT2D eigenvalue weighted by molar-refractivity contribution is 5.94. The highest BCUT2D eigenvalue weighted by Gasteiger charge is 2.31. The highest BCUT2D eigenvalue weighted by Crippen LogP contribution is 2.09. The maximum Gasteiger partial charge on any atom is 0.326 e. The third-order valence-electron chi connectivity index (χ3n) is 5.58. The van der Waals surface area contributed by atoms with Crippen LogP contribution in [0.3, 0.4) is 0 Å². The fraction of sp³-hybridized carbons (Fsp3) is 0.522. The van der Waals surface area contributed by atoms with Gasteiger partial charge in [-0.3, -0.25) is 19.2 Å². The van der Waals surface area contributed by atoms with Crippen molar-refractivity contribution in [2.24, 2.45) is 17.4 Å². The molecule has 0 aliphatic heterocycles. The first kappa shape index (κ1) is 30.0. The van der Waals surface area contributed by atoms with Gasteiger partial charge in [-0.05, 0) is 18.8 Å². The minimum Gasteiger partial charge on any atom is -0.480 e. The number of carboxylic acids is 1. The summed E-state index contributed by atoms with van der Waals surface area (Å²) in [6, 6.07) is -4.59. The molecule has 0 aromatic carbocycles. The van der Waals surface area contributed by atoms with Crippen LogP contribution in [-0.4, -0.2) is 78.8 Å². The number of aliphatic carboxylic acids is 1. The molecule has 2 aromatic rings. The monoisotopic (exact) mass is 533 g/mol. The van der Waals surface area contributed by atoms with Gasteiger partial charge in [0.25, 0.3) is 0 Å². The van der Waals surface area contributed by atoms with Crippen molar-refractivity contribution in [1.82, 2.24) is 35.9 Å². The van der Waals surface area contributed by atoms with Gasteiger partial charge in [0.2, 0.25) is 23.6 Å². The number of carboxylic acid groups (broad SMARTS) is 1. The molecule has 10 N–H and O–H groups in total. The van der Waals surface area contributed by atoms with Crippen molar-refractivity contribution in [3.8, 4) is 0 Å². The van der Waals surface area contributed by atoms with Gasteiger partial charge in [-0.1, -0.05) is 13.8 Å². The molecule has 0 fully saturated rings. The maximum absolute atomic E-state index is 13.3. The number of aromatic nitrogens is 4. The van der Waals surface area contributed by atoms with E-state index < -0.39 is 53.8 Å². The molecule has 15 nitrogen and oxygen atoms in total. The number of hydrogen-bond donors (Lipinski definition) is 8. The van der Waals surface area contributed by atoms with Crippen molar-refractivity contribution >= 4 is 29.6 Å². The normalized spacial score (nSPS) is 14.2. The van der Waals surface area contributed by atoms with Crippen LogP contribution in [0.25, 0.3) is 0 Å². The van der Waals surface area contributed by atoms with Gasteiger partial charge in [0, 0.05) is 43.0 Å². The van der Waals surface area contributed by atoms with Gasteiger partial charge in [0.05, 0.1) is 18.7 Å². The zero-order valence-electron chi connectivity index (χ0n) is 21.3. The van der Waals surface area contributed by atoms with Crippen molar-refractivity contribution < 1.29 is 29.1 Å². The Balaban J connectivity index is 2.16. The third-order valence-corrected chi connectivity index (χ3v) is 5.58. The molecule has 2 aromatic heterocycles. The summed E-state index contributed by atoms with van der Waals surface area (Å²) >= 11 is 0. The van der Waals surface area contributed by atoms with Crippen LogP contribution in [0.2, 0.25) is 0 Å². The lowest BCUT2D eigenvalue weighted by molar-refractivity contribution is -0.142. The van der Waals surface area contributed by atoms with Gasteiger partial charge in [-0.25, -0.2) is 14.8 Å². The first-order valence-electron chi connectivity index (χ1n) is 12.1. The first-order chi connectivity index (χ1) is 18.0. The number of hydrogen-bond acceptors (Lipinski definition) is 8. The quantitative estimate of drug-likeness (QED) is 0.120. The molecule has 0 aliphatic rings. The molecule has 0 bridgehead atoms. The number of primary amides is 1. The number of nitrogens with one attached hydrogen (secondary N) is 5. The molecular weight excluding hydrogens is 498 g/mol. The van der Waals surface area contributed by atoms with Gasteiger partial charge >= 0.3 is 5.97 Å². The average molecular weight is 534 g/mol. The van der Waals surface area contributed by atoms with Crippen molar-refractivity contribution in [3.63, 3.8) is 0 Å². The molecule has 2 rings (SSSR count). The summed E-state index contributed by atoms with van der Waals surface area (Å²) in [5.74, 6) is -3.96. The number of aromatic amines is 2. The predicted molar refractivity (Wildman–Crippen MR) is 134 cm³/mol. The Hall–Kier alpha value is -4.27. The summed E-state index contributed by atoms with van der Waals surface area (Å²) in [5.41, 5.74) is 12.0. The molecule has 15 heteroatoms. The lowest BCUT2D eigenvalue weighted by atomic mass is 10.0. The van der Waals surface area contributed by atoms with Crippen LogP contribution in [0.15, 0.2) is 25.0 Å². The molecule has 2 heterocycles. The maximum atomic E-state index is 13.3. The second-order valence-electron chi connectivity index (χ2n) is 9.32. The van der Waals surface area contributed by atoms with Gasteiger partial charge in [0.1, 0.15) is 18.1 Å². The van der Waals surface area contributed by atoms with Crippen LogP contribution in [0.5, 0.6) is 0 Å². The predicted octanol–water partition coefficient (Wildman–Crippen LogP) is -1.90. The summed E-state index contributed by atoms with van der Waals surface area (Å²) < 4.78 is 0. The number of carbonyl (C=O) groups is 5. The molecule has 208 valence electrons. The Labute approximate surface area is 218 Å². The molecule has 38 heavy (non-hydrogen) atoms. The molecule has 0 aliphatic carbocycles. The van der Waals surface area contributed by atoms with E-state index in [2.05, 4.69) is 35.9 Å². The number of nitrogens with zero attached hydrogens (tertiary/aromatic N) is 2. The topological polar surface area (TPSA) is 251 Å². The second kappa shape index (κ2) is 14.5. The molecule has 0 saturated carbocycles. The SMILES string of the molecule is CC(C)CC(NC(=O)C(Cc1cnc[nH]1)NC(=O)C(N)CCC(N)=O)C(=O)NC(Cc1cnc[nH]1)C(=O)O. The Morgan fingerprint density at radius 3 is 1.84 bits per heavy atom. The van der Waals surface area contributed by atoms with Crippen LogP contribution < -0.4 is 27.4 Å². The minimum atomic E-state index is -1.27. The number of rotatable bonds is 16. The van der Waals surface area contributed by atoms with E-state index in [1.54, 1.807) is 0 Å². The van der Waals surface area contributed by atoms with E-state index in [4.69, 9.17) is 11.5 Å². The van der Waals surface area contributed by atoms with Crippen molar-refractivity contribution in [2.45, 2.75) is 70.1 Å². The number of H-pyrrole nitrogens is 2. The third kappa shape index (κ3) is 10.0. The molecule has 4 unspecified atom stereocenters. The van der Waals surface area contributed by atoms with Crippen LogP contribution in [0.1, 0.15) is 44.5 Å². The molecule has 0 radical (unpaired) electrons. The number of amides is 4. The van der Waals surface area contributed by atoms with E-state index in [0.717, 1.165) is 0 Å². The van der Waals surface area contributed by atoms with Crippen LogP contribution in [0, 0.1) is 5.92 Å². The smallest absolute Gasteiger partial charge is 0.326 e. The van der Waals surface area contributed by atoms with E-state index in [-0.39, 0.29) is 38.0 Å². The molecular formula is C23H35N9O6. The first-order valence-corrected chi connectivity index (χ1v) is 12.1. The number of carbonyl (C=O) groups excluding carboxylic acids is 4. The van der Waals surface area contributed by atoms with Gasteiger partial charge in [0.15, 0.2) is 0 Å². The van der Waals surface area contributed by atoms with Crippen LogP contribution in [-0.2, 0) is 36.8 Å². The molecule has 4 amide bonds. The Morgan fingerprint density at radius 2 is 1.37 bits per heavy atom. The molecule has 4 atom stereocenters. The van der Waals surface area contributed by atoms with E-state index >= 15 is 0 Å². The highest BCUT2D eigenvalue weighted by atomic mass is 16.4. The van der Waals surface area contributed by atoms with Crippen molar-refractivity contribution in [2.75, 3.05) is 0 Å². The standard InChI is InChI=1S/C23H35N9O6/c1-12(2)5-16(21(35)32-18(23(37)38)7-14-9-27-11-29-14)31-22(36)17(6-13-8-26-10-28-13)30-20(34)15(24)3-4-19(25)33/h8-12,15-18H,3-7,24H2,1-2H3,(H2,25,33)(H,26,28)(H,27,29)(H,30,34)(H,31,36)(H,32,35)(H,37,38). The van der Waals surface area contributed by atoms with Gasteiger partial charge in [-0.2, -0.15) is 0 Å². The lowest BCUT2D eigenvalue weighted by Crippen LogP contribution is -2.58. The van der Waals surface area contributed by atoms with E-state index in [9.17, 15) is 29.1 Å². The number of imidazole rings is 2. The largest absolute Gasteiger partial charge is 0.480 e. The van der Waals surface area contributed by atoms with Crippen LogP contribution in [0.4, 0.5) is 0 Å². The Morgan fingerprint density at radius 1 is 0.868 bits per heavy atom. The van der Waals surface area contributed by atoms with E-state index in [0.29, 0.717) is 11.4 Å². The summed E-state index contributed by atoms with van der Waals surface area (Å²) in [5, 5.41) is 17.2. The minimum absolute atomic E-state index is 0.00764. The van der Waals surface area contributed by atoms with E-state index in [1.807, 2.05) is 13.8 Å². The number of nitrogens with two attached hydrogens (primary N) is 2. The van der Waals surface area contributed by atoms with Crippen LogP contribution >= 0.6 is 0 Å². The van der Waals surface area contributed by atoms with Gasteiger partial charge < -0.3 is 42.5 Å². The van der Waals surface area contributed by atoms with Crippen molar-refractivity contribution in [1.29, 1.82) is 0 Å². The fourth-order valence-electron chi connectivity index (χ4n) is 3.60. The lowest BCUT2D eigenvalue weighted by Gasteiger charge is -2.26. The second-order valence-corrected chi connectivity index (χ2v) is 9.32. The molecule has 0 saturated heterocycles. The zero-order valence-corrected chi connectivity index (χ0v) is 21.3. The summed E-state index contributed by atoms with van der Waals surface area (Å²) in [7, 11) is 0. The summed E-state index contributed by atoms with van der Waals surface area (Å²) in [4.78, 5) is 75.2. The van der Waals surface area contributed by atoms with E-state index in [1.165, 1.54) is 25.0 Å².